The summed E-state index contributed by atoms with van der Waals surface area (Å²) >= 11 is 0. The van der Waals surface area contributed by atoms with E-state index >= 15 is 0 Å². The summed E-state index contributed by atoms with van der Waals surface area (Å²) in [7, 11) is 1.81. The summed E-state index contributed by atoms with van der Waals surface area (Å²) in [6, 6.07) is 3.63. The Kier molecular flexibility index (Phi) is 3.67. The lowest BCUT2D eigenvalue weighted by molar-refractivity contribution is 0.175. The van der Waals surface area contributed by atoms with Crippen molar-refractivity contribution < 1.29 is 5.11 Å². The van der Waals surface area contributed by atoms with Gasteiger partial charge in [0.1, 0.15) is 5.82 Å². The molecule has 0 aliphatic rings. The molecule has 4 heteroatoms. The van der Waals surface area contributed by atoms with E-state index in [2.05, 4.69) is 10.3 Å². The highest BCUT2D eigenvalue weighted by molar-refractivity contribution is 5.32. The Labute approximate surface area is 77.8 Å². The molecule has 4 N–H and O–H groups in total. The molecule has 0 spiro atoms. The minimum Gasteiger partial charge on any atom is -0.391 e. The molecule has 0 aromatic carbocycles. The fraction of sp³-hybridized carbons (Fsp3) is 0.444. The van der Waals surface area contributed by atoms with Crippen molar-refractivity contribution >= 4 is 5.82 Å². The van der Waals surface area contributed by atoms with Crippen molar-refractivity contribution in [1.82, 2.24) is 10.3 Å². The van der Waals surface area contributed by atoms with Crippen molar-refractivity contribution in [2.24, 2.45) is 0 Å². The molecule has 0 bridgehead atoms. The van der Waals surface area contributed by atoms with Crippen LogP contribution >= 0.6 is 0 Å². The number of likely N-dealkylation sites (N-methyl/N-ethyl adjacent to an activating group) is 1. The number of aliphatic hydroxyl groups excluding tert-OH is 1. The zero-order valence-electron chi connectivity index (χ0n) is 7.70. The quantitative estimate of drug-likeness (QED) is 0.601. The van der Waals surface area contributed by atoms with Gasteiger partial charge in [0.15, 0.2) is 0 Å². The second-order valence-corrected chi connectivity index (χ2v) is 3.00. The van der Waals surface area contributed by atoms with Gasteiger partial charge in [-0.05, 0) is 31.2 Å². The highest BCUT2D eigenvalue weighted by Gasteiger charge is 2.03. The zero-order chi connectivity index (χ0) is 9.68. The van der Waals surface area contributed by atoms with Crippen LogP contribution in [0.2, 0.25) is 0 Å². The van der Waals surface area contributed by atoms with E-state index in [1.54, 1.807) is 12.3 Å². The number of nitrogens with two attached hydrogens (primary N) is 1. The number of aliphatic hydroxyl groups is 1. The summed E-state index contributed by atoms with van der Waals surface area (Å²) < 4.78 is 0. The topological polar surface area (TPSA) is 71.2 Å². The standard InChI is InChI=1S/C9H15N3O/c1-11-6-8(13)4-7-2-3-12-9(10)5-7/h2-3,5,8,11,13H,4,6H2,1H3,(H2,10,12). The van der Waals surface area contributed by atoms with Crippen molar-refractivity contribution in [1.29, 1.82) is 0 Å². The predicted octanol–water partition coefficient (Wildman–Crippen LogP) is -0.213. The number of rotatable bonds is 4. The van der Waals surface area contributed by atoms with Gasteiger partial charge in [0.25, 0.3) is 0 Å². The lowest BCUT2D eigenvalue weighted by atomic mass is 10.1. The maximum Gasteiger partial charge on any atom is 0.123 e. The molecule has 1 heterocycles. The number of nitrogens with one attached hydrogen (secondary N) is 1. The Balaban J connectivity index is 2.53. The largest absolute Gasteiger partial charge is 0.391 e. The van der Waals surface area contributed by atoms with Crippen LogP contribution in [0.1, 0.15) is 5.56 Å². The van der Waals surface area contributed by atoms with Crippen molar-refractivity contribution in [3.63, 3.8) is 0 Å². The summed E-state index contributed by atoms with van der Waals surface area (Å²) in [5, 5.41) is 12.4. The molecule has 0 radical (unpaired) electrons. The van der Waals surface area contributed by atoms with Crippen molar-refractivity contribution in [3.05, 3.63) is 23.9 Å². The minimum atomic E-state index is -0.369. The lowest BCUT2D eigenvalue weighted by Crippen LogP contribution is -2.25. The van der Waals surface area contributed by atoms with Crippen LogP contribution < -0.4 is 11.1 Å². The smallest absolute Gasteiger partial charge is 0.123 e. The van der Waals surface area contributed by atoms with Gasteiger partial charge in [-0.25, -0.2) is 4.98 Å². The molecular weight excluding hydrogens is 166 g/mol. The third kappa shape index (κ3) is 3.40. The molecule has 1 rings (SSSR count). The maximum atomic E-state index is 9.47. The van der Waals surface area contributed by atoms with E-state index in [0.29, 0.717) is 18.8 Å². The van der Waals surface area contributed by atoms with Crippen molar-refractivity contribution in [2.75, 3.05) is 19.3 Å². The first-order chi connectivity index (χ1) is 6.22. The molecule has 1 aromatic rings. The van der Waals surface area contributed by atoms with Crippen LogP contribution in [-0.2, 0) is 6.42 Å². The number of aromatic nitrogens is 1. The van der Waals surface area contributed by atoms with E-state index in [-0.39, 0.29) is 6.10 Å². The normalized spacial score (nSPS) is 12.8. The lowest BCUT2D eigenvalue weighted by Gasteiger charge is -2.09. The monoisotopic (exact) mass is 181 g/mol. The van der Waals surface area contributed by atoms with Crippen LogP contribution in [0.25, 0.3) is 0 Å². The molecule has 0 saturated heterocycles. The second-order valence-electron chi connectivity index (χ2n) is 3.00. The Morgan fingerprint density at radius 1 is 1.69 bits per heavy atom. The first-order valence-electron chi connectivity index (χ1n) is 4.25. The summed E-state index contributed by atoms with van der Waals surface area (Å²) in [5.41, 5.74) is 6.51. The van der Waals surface area contributed by atoms with Gasteiger partial charge >= 0.3 is 0 Å². The molecule has 0 fully saturated rings. The number of hydrogen-bond donors (Lipinski definition) is 3. The fourth-order valence-electron chi connectivity index (χ4n) is 1.20. The molecule has 13 heavy (non-hydrogen) atoms. The van der Waals surface area contributed by atoms with E-state index in [9.17, 15) is 5.11 Å². The molecule has 0 aliphatic heterocycles. The van der Waals surface area contributed by atoms with Gasteiger partial charge in [-0.15, -0.1) is 0 Å². The van der Waals surface area contributed by atoms with E-state index in [1.807, 2.05) is 13.1 Å². The number of hydrogen-bond acceptors (Lipinski definition) is 4. The SMILES string of the molecule is CNCC(O)Cc1ccnc(N)c1. The van der Waals surface area contributed by atoms with E-state index in [0.717, 1.165) is 5.56 Å². The molecule has 1 unspecified atom stereocenters. The Bertz CT molecular complexity index is 265. The van der Waals surface area contributed by atoms with Gasteiger partial charge in [-0.1, -0.05) is 0 Å². The van der Waals surface area contributed by atoms with E-state index in [1.165, 1.54) is 0 Å². The summed E-state index contributed by atoms with van der Waals surface area (Å²) in [6.07, 6.45) is 1.89. The molecular formula is C9H15N3O. The second kappa shape index (κ2) is 4.79. The Morgan fingerprint density at radius 2 is 2.46 bits per heavy atom. The average molecular weight is 181 g/mol. The van der Waals surface area contributed by atoms with Gasteiger partial charge in [-0.2, -0.15) is 0 Å². The summed E-state index contributed by atoms with van der Waals surface area (Å²) in [5.74, 6) is 0.495. The van der Waals surface area contributed by atoms with Crippen LogP contribution in [0.5, 0.6) is 0 Å². The van der Waals surface area contributed by atoms with Gasteiger partial charge in [0.05, 0.1) is 6.10 Å². The molecule has 72 valence electrons. The van der Waals surface area contributed by atoms with Crippen LogP contribution in [0.15, 0.2) is 18.3 Å². The van der Waals surface area contributed by atoms with Crippen LogP contribution in [0, 0.1) is 0 Å². The third-order valence-corrected chi connectivity index (χ3v) is 1.76. The van der Waals surface area contributed by atoms with Gasteiger partial charge in [0, 0.05) is 12.7 Å². The van der Waals surface area contributed by atoms with Crippen LogP contribution in [0.4, 0.5) is 5.82 Å². The molecule has 1 aromatic heterocycles. The van der Waals surface area contributed by atoms with Gasteiger partial charge < -0.3 is 16.2 Å². The van der Waals surface area contributed by atoms with Gasteiger partial charge in [0.2, 0.25) is 0 Å². The highest BCUT2D eigenvalue weighted by Crippen LogP contribution is 2.05. The summed E-state index contributed by atoms with van der Waals surface area (Å²) in [6.45, 7) is 0.586. The molecule has 4 nitrogen and oxygen atoms in total. The molecule has 0 amide bonds. The zero-order valence-corrected chi connectivity index (χ0v) is 7.70. The molecule has 1 atom stereocenters. The first-order valence-corrected chi connectivity index (χ1v) is 4.25. The van der Waals surface area contributed by atoms with Crippen molar-refractivity contribution in [2.45, 2.75) is 12.5 Å². The highest BCUT2D eigenvalue weighted by atomic mass is 16.3. The van der Waals surface area contributed by atoms with Crippen molar-refractivity contribution in [3.8, 4) is 0 Å². The average Bonchev–Trinajstić information content (AvgIpc) is 2.04. The van der Waals surface area contributed by atoms with Crippen LogP contribution in [-0.4, -0.2) is 29.8 Å². The van der Waals surface area contributed by atoms with E-state index < -0.39 is 0 Å². The molecule has 0 aliphatic carbocycles. The first kappa shape index (κ1) is 9.95. The number of nitrogen functional groups attached to an aromatic ring is 1. The molecule has 0 saturated carbocycles. The fourth-order valence-corrected chi connectivity index (χ4v) is 1.20. The van der Waals surface area contributed by atoms with Crippen LogP contribution in [0.3, 0.4) is 0 Å². The maximum absolute atomic E-state index is 9.47. The van der Waals surface area contributed by atoms with Gasteiger partial charge in [-0.3, -0.25) is 0 Å². The number of pyridine rings is 1. The Hall–Kier alpha value is -1.13. The number of nitrogens with zero attached hydrogens (tertiary/aromatic N) is 1. The summed E-state index contributed by atoms with van der Waals surface area (Å²) in [4.78, 5) is 3.87. The predicted molar refractivity (Wildman–Crippen MR) is 52.3 cm³/mol. The third-order valence-electron chi connectivity index (χ3n) is 1.76. The van der Waals surface area contributed by atoms with E-state index in [4.69, 9.17) is 5.73 Å². The number of anilines is 1. The Morgan fingerprint density at radius 3 is 3.08 bits per heavy atom. The minimum absolute atomic E-state index is 0.369.